The first-order valence-corrected chi connectivity index (χ1v) is 6.90. The normalized spacial score (nSPS) is 19.5. The molecule has 2 heterocycles. The van der Waals surface area contributed by atoms with Crippen LogP contribution in [0.1, 0.15) is 17.7 Å². The lowest BCUT2D eigenvalue weighted by atomic mass is 10.1. The second-order valence-electron chi connectivity index (χ2n) is 4.32. The molecule has 1 saturated heterocycles. The third-order valence-corrected chi connectivity index (χ3v) is 3.84. The van der Waals surface area contributed by atoms with Crippen LogP contribution in [0.25, 0.3) is 6.08 Å². The van der Waals surface area contributed by atoms with E-state index in [-0.39, 0.29) is 17.0 Å². The zero-order valence-electron chi connectivity index (χ0n) is 10.3. The summed E-state index contributed by atoms with van der Waals surface area (Å²) in [6, 6.07) is 3.24. The summed E-state index contributed by atoms with van der Waals surface area (Å²) in [5.74, 6) is -0.162. The standard InChI is InChI=1S/C12H15N3O3S/c16-11(14-9-2-1-7-13-8-9)5-3-10-4-6-12(19-10)15(17)18/h3-6,9,13H,1-2,7-8H2,(H,14,16)/b5-3+. The Kier molecular flexibility index (Phi) is 4.64. The highest BCUT2D eigenvalue weighted by Gasteiger charge is 2.14. The van der Waals surface area contributed by atoms with Crippen LogP contribution in [0.2, 0.25) is 0 Å². The highest BCUT2D eigenvalue weighted by atomic mass is 32.1. The molecule has 1 unspecified atom stereocenters. The van der Waals surface area contributed by atoms with E-state index in [1.165, 1.54) is 12.1 Å². The second-order valence-corrected chi connectivity index (χ2v) is 5.41. The SMILES string of the molecule is O=C(/C=C/c1ccc([N+](=O)[O-])s1)NC1CCCNC1. The van der Waals surface area contributed by atoms with Crippen LogP contribution in [0.5, 0.6) is 0 Å². The van der Waals surface area contributed by atoms with E-state index in [1.54, 1.807) is 12.1 Å². The molecule has 0 saturated carbocycles. The zero-order chi connectivity index (χ0) is 13.7. The Balaban J connectivity index is 1.86. The number of thiophene rings is 1. The average Bonchev–Trinajstić information content (AvgIpc) is 2.86. The molecule has 1 aliphatic rings. The Bertz CT molecular complexity index is 492. The van der Waals surface area contributed by atoms with Gasteiger partial charge in [0.1, 0.15) is 0 Å². The van der Waals surface area contributed by atoms with Crippen molar-refractivity contribution in [3.05, 3.63) is 33.2 Å². The van der Waals surface area contributed by atoms with E-state index >= 15 is 0 Å². The highest BCUT2D eigenvalue weighted by Crippen LogP contribution is 2.24. The fourth-order valence-corrected chi connectivity index (χ4v) is 2.64. The lowest BCUT2D eigenvalue weighted by Crippen LogP contribution is -2.45. The van der Waals surface area contributed by atoms with Crippen LogP contribution in [-0.2, 0) is 4.79 Å². The molecule has 0 radical (unpaired) electrons. The number of carbonyl (C=O) groups is 1. The zero-order valence-corrected chi connectivity index (χ0v) is 11.1. The summed E-state index contributed by atoms with van der Waals surface area (Å²) in [6.45, 7) is 1.80. The smallest absolute Gasteiger partial charge is 0.324 e. The first kappa shape index (κ1) is 13.7. The molecule has 0 aliphatic carbocycles. The number of nitro groups is 1. The fourth-order valence-electron chi connectivity index (χ4n) is 1.91. The van der Waals surface area contributed by atoms with Gasteiger partial charge in [0.25, 0.3) is 0 Å². The molecule has 1 atom stereocenters. The topological polar surface area (TPSA) is 84.3 Å². The van der Waals surface area contributed by atoms with Crippen LogP contribution in [0.3, 0.4) is 0 Å². The Labute approximate surface area is 114 Å². The van der Waals surface area contributed by atoms with Crippen LogP contribution in [0.15, 0.2) is 18.2 Å². The predicted octanol–water partition coefficient (Wildman–Crippen LogP) is 1.54. The number of amides is 1. The van der Waals surface area contributed by atoms with E-state index in [2.05, 4.69) is 10.6 Å². The molecule has 2 rings (SSSR count). The van der Waals surface area contributed by atoms with E-state index in [0.717, 1.165) is 37.3 Å². The maximum atomic E-state index is 11.7. The number of carbonyl (C=O) groups excluding carboxylic acids is 1. The van der Waals surface area contributed by atoms with Crippen LogP contribution >= 0.6 is 11.3 Å². The second kappa shape index (κ2) is 6.44. The first-order chi connectivity index (χ1) is 9.15. The van der Waals surface area contributed by atoms with Crippen LogP contribution in [0, 0.1) is 10.1 Å². The van der Waals surface area contributed by atoms with Crippen molar-refractivity contribution in [2.45, 2.75) is 18.9 Å². The van der Waals surface area contributed by atoms with Gasteiger partial charge in [-0.05, 0) is 31.5 Å². The molecule has 0 bridgehead atoms. The largest absolute Gasteiger partial charge is 0.349 e. The summed E-state index contributed by atoms with van der Waals surface area (Å²) < 4.78 is 0. The minimum Gasteiger partial charge on any atom is -0.349 e. The number of nitrogens with one attached hydrogen (secondary N) is 2. The van der Waals surface area contributed by atoms with Crippen molar-refractivity contribution < 1.29 is 9.72 Å². The van der Waals surface area contributed by atoms with Gasteiger partial charge in [-0.1, -0.05) is 11.3 Å². The van der Waals surface area contributed by atoms with Gasteiger partial charge in [-0.3, -0.25) is 14.9 Å². The molecule has 1 aliphatic heterocycles. The van der Waals surface area contributed by atoms with E-state index in [4.69, 9.17) is 0 Å². The van der Waals surface area contributed by atoms with Gasteiger partial charge in [0.05, 0.1) is 4.92 Å². The van der Waals surface area contributed by atoms with Gasteiger partial charge < -0.3 is 10.6 Å². The average molecular weight is 281 g/mol. The number of hydrogen-bond acceptors (Lipinski definition) is 5. The summed E-state index contributed by atoms with van der Waals surface area (Å²) in [6.07, 6.45) is 5.07. The van der Waals surface area contributed by atoms with Gasteiger partial charge in [-0.15, -0.1) is 0 Å². The molecule has 1 aromatic rings. The number of rotatable bonds is 4. The molecule has 0 spiro atoms. The van der Waals surface area contributed by atoms with Crippen LogP contribution < -0.4 is 10.6 Å². The maximum Gasteiger partial charge on any atom is 0.324 e. The van der Waals surface area contributed by atoms with Crippen molar-refractivity contribution in [3.63, 3.8) is 0 Å². The monoisotopic (exact) mass is 281 g/mol. The van der Waals surface area contributed by atoms with Gasteiger partial charge in [-0.2, -0.15) is 0 Å². The van der Waals surface area contributed by atoms with E-state index in [0.29, 0.717) is 4.88 Å². The minimum absolute atomic E-state index is 0.0801. The van der Waals surface area contributed by atoms with Gasteiger partial charge >= 0.3 is 5.00 Å². The fraction of sp³-hybridized carbons (Fsp3) is 0.417. The van der Waals surface area contributed by atoms with Crippen molar-refractivity contribution >= 4 is 28.3 Å². The summed E-state index contributed by atoms with van der Waals surface area (Å²) >= 11 is 1.05. The summed E-state index contributed by atoms with van der Waals surface area (Å²) in [7, 11) is 0. The van der Waals surface area contributed by atoms with E-state index in [9.17, 15) is 14.9 Å². The highest BCUT2D eigenvalue weighted by molar-refractivity contribution is 7.16. The summed E-state index contributed by atoms with van der Waals surface area (Å²) in [4.78, 5) is 22.5. The Morgan fingerprint density at radius 2 is 2.42 bits per heavy atom. The molecular formula is C12H15N3O3S. The van der Waals surface area contributed by atoms with E-state index in [1.807, 2.05) is 0 Å². The minimum atomic E-state index is -0.435. The third-order valence-electron chi connectivity index (χ3n) is 2.83. The predicted molar refractivity (Wildman–Crippen MR) is 74.0 cm³/mol. The summed E-state index contributed by atoms with van der Waals surface area (Å²) in [5.41, 5.74) is 0. The Morgan fingerprint density at radius 3 is 3.05 bits per heavy atom. The molecule has 1 fully saturated rings. The van der Waals surface area contributed by atoms with Gasteiger partial charge in [0.2, 0.25) is 5.91 Å². The van der Waals surface area contributed by atoms with Gasteiger partial charge in [-0.25, -0.2) is 0 Å². The maximum absolute atomic E-state index is 11.7. The lowest BCUT2D eigenvalue weighted by molar-refractivity contribution is -0.380. The van der Waals surface area contributed by atoms with Crippen molar-refractivity contribution in [1.29, 1.82) is 0 Å². The molecule has 1 aromatic heterocycles. The lowest BCUT2D eigenvalue weighted by Gasteiger charge is -2.23. The number of piperidine rings is 1. The summed E-state index contributed by atoms with van der Waals surface area (Å²) in [5, 5.41) is 16.7. The van der Waals surface area contributed by atoms with Crippen molar-refractivity contribution in [1.82, 2.24) is 10.6 Å². The van der Waals surface area contributed by atoms with Crippen molar-refractivity contribution in [2.24, 2.45) is 0 Å². The molecule has 102 valence electrons. The van der Waals surface area contributed by atoms with E-state index < -0.39 is 4.92 Å². The molecule has 19 heavy (non-hydrogen) atoms. The molecule has 6 nitrogen and oxygen atoms in total. The quantitative estimate of drug-likeness (QED) is 0.498. The van der Waals surface area contributed by atoms with Crippen molar-refractivity contribution in [3.8, 4) is 0 Å². The van der Waals surface area contributed by atoms with Crippen molar-refractivity contribution in [2.75, 3.05) is 13.1 Å². The third kappa shape index (κ3) is 4.15. The van der Waals surface area contributed by atoms with Crippen LogP contribution in [-0.4, -0.2) is 30.0 Å². The Morgan fingerprint density at radius 1 is 1.58 bits per heavy atom. The van der Waals surface area contributed by atoms with Gasteiger partial charge in [0, 0.05) is 29.6 Å². The molecular weight excluding hydrogens is 266 g/mol. The number of hydrogen-bond donors (Lipinski definition) is 2. The molecule has 7 heteroatoms. The first-order valence-electron chi connectivity index (χ1n) is 6.08. The van der Waals surface area contributed by atoms with Gasteiger partial charge in [0.15, 0.2) is 0 Å². The van der Waals surface area contributed by atoms with Crippen LogP contribution in [0.4, 0.5) is 5.00 Å². The molecule has 2 N–H and O–H groups in total. The number of nitrogens with zero attached hydrogens (tertiary/aromatic N) is 1. The Hall–Kier alpha value is -1.73. The molecule has 0 aromatic carbocycles. The molecule has 1 amide bonds.